The number of thioether (sulfide) groups is 1. The fraction of sp³-hybridized carbons (Fsp3) is 0.462. The highest BCUT2D eigenvalue weighted by Crippen LogP contribution is 2.40. The number of carbonyl (C=O) groups excluding carboxylic acids is 3. The third-order valence-corrected chi connectivity index (χ3v) is 6.68. The molecule has 0 saturated carbocycles. The molecule has 2 rings (SSSR count). The monoisotopic (exact) mass is 501 g/mol. The van der Waals surface area contributed by atoms with Crippen LogP contribution in [0.15, 0.2) is 10.5 Å². The summed E-state index contributed by atoms with van der Waals surface area (Å²) in [6, 6.07) is 0. The van der Waals surface area contributed by atoms with Crippen molar-refractivity contribution in [2.75, 3.05) is 31.7 Å². The maximum Gasteiger partial charge on any atom is 0.363 e. The minimum atomic E-state index is -4.87. The van der Waals surface area contributed by atoms with Gasteiger partial charge in [0.1, 0.15) is 18.7 Å². The molecule has 0 aromatic carbocycles. The van der Waals surface area contributed by atoms with Gasteiger partial charge >= 0.3 is 10.3 Å². The average Bonchev–Trinajstić information content (AvgIpc) is 3.14. The second-order valence-electron chi connectivity index (χ2n) is 5.40. The molecule has 30 heavy (non-hydrogen) atoms. The van der Waals surface area contributed by atoms with Crippen LogP contribution in [0.5, 0.6) is 0 Å². The van der Waals surface area contributed by atoms with Gasteiger partial charge in [-0.2, -0.15) is 12.7 Å². The van der Waals surface area contributed by atoms with Gasteiger partial charge in [-0.25, -0.2) is 4.98 Å². The topological polar surface area (TPSA) is 177 Å². The first-order chi connectivity index (χ1) is 14.0. The predicted molar refractivity (Wildman–Crippen MR) is 109 cm³/mol. The van der Waals surface area contributed by atoms with Crippen molar-refractivity contribution in [3.8, 4) is 0 Å². The van der Waals surface area contributed by atoms with Gasteiger partial charge in [0.15, 0.2) is 16.2 Å². The number of methoxy groups -OCH3 is 1. The Morgan fingerprint density at radius 1 is 1.50 bits per heavy atom. The molecular weight excluding hydrogens is 486 g/mol. The van der Waals surface area contributed by atoms with Gasteiger partial charge in [-0.3, -0.25) is 18.9 Å². The molecule has 17 heteroatoms. The Labute approximate surface area is 184 Å². The smallest absolute Gasteiger partial charge is 0.363 e. The molecule has 2 atom stereocenters. The largest absolute Gasteiger partial charge is 0.398 e. The van der Waals surface area contributed by atoms with E-state index in [2.05, 4.69) is 25.6 Å². The van der Waals surface area contributed by atoms with Gasteiger partial charge in [-0.05, 0) is 6.26 Å². The molecule has 0 bridgehead atoms. The van der Waals surface area contributed by atoms with Gasteiger partial charge in [0, 0.05) is 12.5 Å². The second-order valence-corrected chi connectivity index (χ2v) is 8.74. The molecule has 1 aromatic rings. The molecular formula is C13H16ClN5O8S3. The van der Waals surface area contributed by atoms with Crippen LogP contribution < -0.4 is 10.6 Å². The summed E-state index contributed by atoms with van der Waals surface area (Å²) >= 11 is 7.23. The lowest BCUT2D eigenvalue weighted by Crippen LogP contribution is -2.81. The molecule has 1 aliphatic heterocycles. The fourth-order valence-corrected chi connectivity index (χ4v) is 5.41. The molecule has 3 N–H and O–H groups in total. The Morgan fingerprint density at radius 3 is 2.67 bits per heavy atom. The zero-order chi connectivity index (χ0) is 22.7. The standard InChI is InChI=1S/C13H16ClN5O8S3/c1-26-13(10(22)19(11(13)28-3)30(23,24)25)17-9(21)8(18-27-2)6-5-29-12(15-6)16-7(20)4-14/h5,11H,4H2,1-3H3,(H,17,21)(H,15,16,20)(H,23,24,25)/t11-,13+/m1/s1. The number of aromatic nitrogens is 1. The Hall–Kier alpha value is -1.98. The molecule has 1 aliphatic rings. The van der Waals surface area contributed by atoms with Gasteiger partial charge in [-0.15, -0.1) is 34.7 Å². The van der Waals surface area contributed by atoms with Crippen LogP contribution in [0.3, 0.4) is 0 Å². The van der Waals surface area contributed by atoms with E-state index in [1.807, 2.05) is 0 Å². The van der Waals surface area contributed by atoms with Crippen molar-refractivity contribution in [1.82, 2.24) is 14.6 Å². The summed E-state index contributed by atoms with van der Waals surface area (Å²) in [5.74, 6) is -3.00. The van der Waals surface area contributed by atoms with Crippen LogP contribution in [-0.2, 0) is 34.3 Å². The Balaban J connectivity index is 2.31. The highest BCUT2D eigenvalue weighted by molar-refractivity contribution is 8.00. The van der Waals surface area contributed by atoms with Gasteiger partial charge in [0.25, 0.3) is 17.5 Å². The predicted octanol–water partition coefficient (Wildman–Crippen LogP) is -0.536. The number of halogens is 1. The SMILES string of the molecule is CON=C(C(=O)N[C@]1(OC)C(=O)N(S(=O)(=O)O)[C@@H]1SC)c1csc(NC(=O)CCl)n1. The lowest BCUT2D eigenvalue weighted by molar-refractivity contribution is -0.183. The molecule has 0 aliphatic carbocycles. The van der Waals surface area contributed by atoms with Crippen LogP contribution in [0.2, 0.25) is 0 Å². The number of β-lactam (4-membered cyclic amide) rings is 1. The first-order valence-electron chi connectivity index (χ1n) is 7.70. The van der Waals surface area contributed by atoms with Gasteiger partial charge in [0.2, 0.25) is 5.91 Å². The maximum absolute atomic E-state index is 12.8. The third-order valence-electron chi connectivity index (χ3n) is 3.68. The summed E-state index contributed by atoms with van der Waals surface area (Å²) in [6.07, 6.45) is 1.45. The molecule has 2 heterocycles. The van der Waals surface area contributed by atoms with Gasteiger partial charge < -0.3 is 20.2 Å². The van der Waals surface area contributed by atoms with Gasteiger partial charge in [0.05, 0.1) is 0 Å². The molecule has 3 amide bonds. The Morgan fingerprint density at radius 2 is 2.17 bits per heavy atom. The number of nitrogens with one attached hydrogen (secondary N) is 2. The second kappa shape index (κ2) is 9.44. The number of anilines is 1. The normalized spacial score (nSPS) is 21.8. The van der Waals surface area contributed by atoms with Crippen molar-refractivity contribution in [1.29, 1.82) is 0 Å². The molecule has 1 aromatic heterocycles. The molecule has 0 unspecified atom stereocenters. The highest BCUT2D eigenvalue weighted by Gasteiger charge is 2.67. The summed E-state index contributed by atoms with van der Waals surface area (Å²) in [5.41, 5.74) is -2.48. The van der Waals surface area contributed by atoms with E-state index in [1.165, 1.54) is 18.7 Å². The zero-order valence-corrected chi connectivity index (χ0v) is 18.8. The van der Waals surface area contributed by atoms with E-state index >= 15 is 0 Å². The van der Waals surface area contributed by atoms with Crippen molar-refractivity contribution in [2.45, 2.75) is 11.1 Å². The first kappa shape index (κ1) is 24.3. The van der Waals surface area contributed by atoms with Crippen molar-refractivity contribution in [3.63, 3.8) is 0 Å². The average molecular weight is 502 g/mol. The number of ether oxygens (including phenoxy) is 1. The van der Waals surface area contributed by atoms with Crippen LogP contribution in [0.4, 0.5) is 5.13 Å². The number of alkyl halides is 1. The number of nitrogens with zero attached hydrogens (tertiary/aromatic N) is 3. The number of hydrogen-bond acceptors (Lipinski definition) is 11. The van der Waals surface area contributed by atoms with E-state index in [1.54, 1.807) is 0 Å². The lowest BCUT2D eigenvalue weighted by atomic mass is 10.0. The summed E-state index contributed by atoms with van der Waals surface area (Å²) in [4.78, 5) is 45.3. The summed E-state index contributed by atoms with van der Waals surface area (Å²) in [6.45, 7) is 0. The van der Waals surface area contributed by atoms with Crippen LogP contribution in [-0.4, -0.2) is 83.1 Å². The molecule has 0 spiro atoms. The fourth-order valence-electron chi connectivity index (χ4n) is 2.43. The van der Waals surface area contributed by atoms with E-state index in [4.69, 9.17) is 16.3 Å². The maximum atomic E-state index is 12.8. The van der Waals surface area contributed by atoms with Crippen LogP contribution in [0.25, 0.3) is 0 Å². The number of amides is 3. The van der Waals surface area contributed by atoms with E-state index in [9.17, 15) is 27.4 Å². The minimum Gasteiger partial charge on any atom is -0.398 e. The van der Waals surface area contributed by atoms with E-state index in [0.29, 0.717) is 0 Å². The van der Waals surface area contributed by atoms with Crippen molar-refractivity contribution in [3.05, 3.63) is 11.1 Å². The molecule has 13 nitrogen and oxygen atoms in total. The van der Waals surface area contributed by atoms with E-state index in [0.717, 1.165) is 30.2 Å². The number of hydrogen-bond donors (Lipinski definition) is 3. The van der Waals surface area contributed by atoms with Crippen molar-refractivity contribution in [2.24, 2.45) is 5.16 Å². The van der Waals surface area contributed by atoms with Crippen molar-refractivity contribution >= 4 is 73.6 Å². The van der Waals surface area contributed by atoms with Crippen molar-refractivity contribution < 1.29 is 36.9 Å². The minimum absolute atomic E-state index is 0.00501. The summed E-state index contributed by atoms with van der Waals surface area (Å²) in [5, 5.41) is 8.49. The summed E-state index contributed by atoms with van der Waals surface area (Å²) < 4.78 is 37.4. The third kappa shape index (κ3) is 4.52. The van der Waals surface area contributed by atoms with E-state index < -0.39 is 39.1 Å². The number of rotatable bonds is 9. The number of thiazole rings is 1. The van der Waals surface area contributed by atoms with Crippen LogP contribution in [0.1, 0.15) is 5.69 Å². The quantitative estimate of drug-likeness (QED) is 0.0994. The summed E-state index contributed by atoms with van der Waals surface area (Å²) in [7, 11) is -2.62. The van der Waals surface area contributed by atoms with E-state index in [-0.39, 0.29) is 26.7 Å². The van der Waals surface area contributed by atoms with Crippen LogP contribution in [0, 0.1) is 0 Å². The Bertz CT molecular complexity index is 983. The zero-order valence-electron chi connectivity index (χ0n) is 15.6. The number of carbonyl (C=O) groups is 3. The molecule has 1 fully saturated rings. The lowest BCUT2D eigenvalue weighted by Gasteiger charge is -2.51. The molecule has 1 saturated heterocycles. The first-order valence-corrected chi connectivity index (χ1v) is 11.8. The highest BCUT2D eigenvalue weighted by atomic mass is 35.5. The van der Waals surface area contributed by atoms with Gasteiger partial charge in [-0.1, -0.05) is 5.16 Å². The molecule has 0 radical (unpaired) electrons. The van der Waals surface area contributed by atoms with Crippen LogP contribution >= 0.6 is 34.7 Å². The molecule has 166 valence electrons. The Kier molecular flexibility index (Phi) is 7.64. The number of oxime groups is 1.